The smallest absolute Gasteiger partial charge is 0.256 e. The van der Waals surface area contributed by atoms with Gasteiger partial charge in [0.05, 0.1) is 11.3 Å². The van der Waals surface area contributed by atoms with E-state index in [4.69, 9.17) is 4.52 Å². The number of benzene rings is 1. The van der Waals surface area contributed by atoms with E-state index in [2.05, 4.69) is 39.3 Å². The van der Waals surface area contributed by atoms with Crippen molar-refractivity contribution in [1.29, 1.82) is 0 Å². The van der Waals surface area contributed by atoms with Gasteiger partial charge in [0, 0.05) is 50.2 Å². The fourth-order valence-corrected chi connectivity index (χ4v) is 4.78. The maximum Gasteiger partial charge on any atom is 0.256 e. The van der Waals surface area contributed by atoms with Gasteiger partial charge in [0.25, 0.3) is 5.91 Å². The maximum atomic E-state index is 13.2. The maximum absolute atomic E-state index is 13.2. The van der Waals surface area contributed by atoms with Crippen molar-refractivity contribution in [2.24, 2.45) is 0 Å². The summed E-state index contributed by atoms with van der Waals surface area (Å²) in [4.78, 5) is 22.0. The molecule has 1 aliphatic heterocycles. The van der Waals surface area contributed by atoms with Gasteiger partial charge in [-0.15, -0.1) is 11.8 Å². The van der Waals surface area contributed by atoms with Crippen molar-refractivity contribution in [3.05, 3.63) is 76.8 Å². The molecule has 1 amide bonds. The molecular formula is C23H26N4O2S. The van der Waals surface area contributed by atoms with Crippen LogP contribution < -0.4 is 0 Å². The number of aromatic nitrogens is 2. The van der Waals surface area contributed by atoms with Crippen LogP contribution in [0.1, 0.15) is 32.9 Å². The van der Waals surface area contributed by atoms with Gasteiger partial charge in [-0.1, -0.05) is 35.5 Å². The van der Waals surface area contributed by atoms with Gasteiger partial charge in [0.1, 0.15) is 10.8 Å². The van der Waals surface area contributed by atoms with Crippen molar-refractivity contribution in [3.8, 4) is 0 Å². The lowest BCUT2D eigenvalue weighted by Crippen LogP contribution is -2.48. The first-order chi connectivity index (χ1) is 14.6. The zero-order valence-corrected chi connectivity index (χ0v) is 18.2. The first-order valence-corrected chi connectivity index (χ1v) is 11.2. The normalized spacial score (nSPS) is 14.8. The predicted molar refractivity (Wildman–Crippen MR) is 117 cm³/mol. The molecule has 0 aliphatic carbocycles. The number of aryl methyl sites for hydroxylation is 2. The second kappa shape index (κ2) is 9.45. The molecule has 1 aliphatic rings. The molecule has 0 radical (unpaired) electrons. The number of carbonyl (C=O) groups excluding carboxylic acids is 1. The van der Waals surface area contributed by atoms with E-state index in [-0.39, 0.29) is 5.91 Å². The van der Waals surface area contributed by atoms with E-state index in [0.717, 1.165) is 54.8 Å². The lowest BCUT2D eigenvalue weighted by atomic mass is 10.2. The lowest BCUT2D eigenvalue weighted by Gasteiger charge is -2.35. The number of nitrogens with zero attached hydrogens (tertiary/aromatic N) is 4. The Bertz CT molecular complexity index is 978. The van der Waals surface area contributed by atoms with Gasteiger partial charge >= 0.3 is 0 Å². The molecule has 2 aromatic heterocycles. The number of rotatable bonds is 6. The van der Waals surface area contributed by atoms with Crippen LogP contribution in [0.3, 0.4) is 0 Å². The first kappa shape index (κ1) is 20.6. The summed E-state index contributed by atoms with van der Waals surface area (Å²) in [6, 6.07) is 14.2. The lowest BCUT2D eigenvalue weighted by molar-refractivity contribution is 0.0624. The Hall–Kier alpha value is -2.64. The van der Waals surface area contributed by atoms with Gasteiger partial charge in [-0.05, 0) is 31.5 Å². The summed E-state index contributed by atoms with van der Waals surface area (Å²) in [6.07, 6.45) is 1.74. The topological polar surface area (TPSA) is 62.5 Å². The Morgan fingerprint density at radius 2 is 1.83 bits per heavy atom. The predicted octanol–water partition coefficient (Wildman–Crippen LogP) is 3.94. The number of amides is 1. The highest BCUT2D eigenvalue weighted by atomic mass is 32.2. The summed E-state index contributed by atoms with van der Waals surface area (Å²) >= 11 is 1.56. The molecule has 0 bridgehead atoms. The van der Waals surface area contributed by atoms with Crippen LogP contribution in [0, 0.1) is 13.8 Å². The van der Waals surface area contributed by atoms with Crippen molar-refractivity contribution in [1.82, 2.24) is 19.9 Å². The van der Waals surface area contributed by atoms with E-state index in [0.29, 0.717) is 11.3 Å². The highest BCUT2D eigenvalue weighted by Crippen LogP contribution is 2.28. The molecule has 1 aromatic carbocycles. The van der Waals surface area contributed by atoms with E-state index < -0.39 is 0 Å². The van der Waals surface area contributed by atoms with Crippen molar-refractivity contribution in [3.63, 3.8) is 0 Å². The molecular weight excluding hydrogens is 396 g/mol. The summed E-state index contributed by atoms with van der Waals surface area (Å²) in [5.74, 6) is 1.56. The monoisotopic (exact) mass is 422 g/mol. The van der Waals surface area contributed by atoms with E-state index in [1.54, 1.807) is 18.0 Å². The summed E-state index contributed by atoms with van der Waals surface area (Å²) in [5.41, 5.74) is 3.94. The molecule has 7 heteroatoms. The van der Waals surface area contributed by atoms with Gasteiger partial charge in [0.15, 0.2) is 0 Å². The van der Waals surface area contributed by atoms with Gasteiger partial charge in [0.2, 0.25) is 0 Å². The standard InChI is InChI=1S/C23H26N4O2S/c1-17-21(18(2)29-25-17)16-30-22-20(9-6-10-24-22)23(28)27-13-11-26(12-14-27)15-19-7-4-3-5-8-19/h3-10H,11-16H2,1-2H3. The van der Waals surface area contributed by atoms with E-state index >= 15 is 0 Å². The van der Waals surface area contributed by atoms with E-state index in [1.807, 2.05) is 36.9 Å². The van der Waals surface area contributed by atoms with E-state index in [1.165, 1.54) is 5.56 Å². The molecule has 156 valence electrons. The molecule has 1 saturated heterocycles. The Morgan fingerprint density at radius 3 is 2.53 bits per heavy atom. The van der Waals surface area contributed by atoms with Crippen LogP contribution in [0.5, 0.6) is 0 Å². The molecule has 3 heterocycles. The molecule has 30 heavy (non-hydrogen) atoms. The van der Waals surface area contributed by atoms with Gasteiger partial charge in [-0.3, -0.25) is 9.69 Å². The van der Waals surface area contributed by atoms with Crippen LogP contribution >= 0.6 is 11.8 Å². The van der Waals surface area contributed by atoms with Crippen molar-refractivity contribution >= 4 is 17.7 Å². The largest absolute Gasteiger partial charge is 0.361 e. The van der Waals surface area contributed by atoms with Crippen molar-refractivity contribution in [2.45, 2.75) is 31.2 Å². The van der Waals surface area contributed by atoms with Gasteiger partial charge < -0.3 is 9.42 Å². The zero-order chi connectivity index (χ0) is 20.9. The molecule has 4 rings (SSSR count). The summed E-state index contributed by atoms with van der Waals surface area (Å²) in [7, 11) is 0. The minimum atomic E-state index is 0.0590. The minimum Gasteiger partial charge on any atom is -0.361 e. The molecule has 3 aromatic rings. The third-order valence-electron chi connectivity index (χ3n) is 5.44. The SMILES string of the molecule is Cc1noc(C)c1CSc1ncccc1C(=O)N1CCN(Cc2ccccc2)CC1. The first-order valence-electron chi connectivity index (χ1n) is 10.2. The fraction of sp³-hybridized carbons (Fsp3) is 0.348. The van der Waals surface area contributed by atoms with Crippen molar-refractivity contribution < 1.29 is 9.32 Å². The van der Waals surface area contributed by atoms with E-state index in [9.17, 15) is 4.79 Å². The number of carbonyl (C=O) groups is 1. The minimum absolute atomic E-state index is 0.0590. The Kier molecular flexibility index (Phi) is 6.50. The Balaban J connectivity index is 1.38. The third-order valence-corrected chi connectivity index (χ3v) is 6.48. The molecule has 1 fully saturated rings. The number of pyridine rings is 1. The summed E-state index contributed by atoms with van der Waals surface area (Å²) in [5, 5.41) is 4.77. The average molecular weight is 423 g/mol. The van der Waals surface area contributed by atoms with Gasteiger partial charge in [-0.2, -0.15) is 0 Å². The number of thioether (sulfide) groups is 1. The number of piperazine rings is 1. The fourth-order valence-electron chi connectivity index (χ4n) is 3.64. The molecule has 0 atom stereocenters. The summed E-state index contributed by atoms with van der Waals surface area (Å²) in [6.45, 7) is 7.99. The molecule has 0 saturated carbocycles. The molecule has 0 unspecified atom stereocenters. The van der Waals surface area contributed by atoms with Crippen LogP contribution in [-0.4, -0.2) is 52.0 Å². The van der Waals surface area contributed by atoms with Crippen LogP contribution in [-0.2, 0) is 12.3 Å². The molecule has 0 spiro atoms. The third kappa shape index (κ3) is 4.74. The second-order valence-electron chi connectivity index (χ2n) is 7.50. The van der Waals surface area contributed by atoms with Gasteiger partial charge in [-0.25, -0.2) is 4.98 Å². The van der Waals surface area contributed by atoms with Crippen LogP contribution in [0.15, 0.2) is 58.2 Å². The molecule has 6 nitrogen and oxygen atoms in total. The average Bonchev–Trinajstić information content (AvgIpc) is 3.10. The van der Waals surface area contributed by atoms with Crippen LogP contribution in [0.2, 0.25) is 0 Å². The number of hydrogen-bond donors (Lipinski definition) is 0. The highest BCUT2D eigenvalue weighted by Gasteiger charge is 2.24. The molecule has 0 N–H and O–H groups in total. The zero-order valence-electron chi connectivity index (χ0n) is 17.4. The van der Waals surface area contributed by atoms with Crippen LogP contribution in [0.25, 0.3) is 0 Å². The number of hydrogen-bond acceptors (Lipinski definition) is 6. The summed E-state index contributed by atoms with van der Waals surface area (Å²) < 4.78 is 5.25. The second-order valence-corrected chi connectivity index (χ2v) is 8.47. The quantitative estimate of drug-likeness (QED) is 0.561. The Labute approximate surface area is 181 Å². The van der Waals surface area contributed by atoms with Crippen molar-refractivity contribution in [2.75, 3.05) is 26.2 Å². The highest BCUT2D eigenvalue weighted by molar-refractivity contribution is 7.98. The Morgan fingerprint density at radius 1 is 1.07 bits per heavy atom. The van der Waals surface area contributed by atoms with Crippen LogP contribution in [0.4, 0.5) is 0 Å².